The normalized spacial score (nSPS) is 19.6. The van der Waals surface area contributed by atoms with E-state index in [0.29, 0.717) is 13.1 Å². The lowest BCUT2D eigenvalue weighted by atomic mass is 9.98. The lowest BCUT2D eigenvalue weighted by molar-refractivity contribution is -0.125. The molecule has 1 aliphatic heterocycles. The van der Waals surface area contributed by atoms with Crippen molar-refractivity contribution in [2.45, 2.75) is 19.0 Å². The van der Waals surface area contributed by atoms with Crippen molar-refractivity contribution in [3.63, 3.8) is 0 Å². The molecule has 5 heteroatoms. The maximum absolute atomic E-state index is 11.5. The van der Waals surface area contributed by atoms with Crippen LogP contribution in [-0.4, -0.2) is 43.6 Å². The van der Waals surface area contributed by atoms with Crippen LogP contribution in [0.15, 0.2) is 24.3 Å². The second-order valence-electron chi connectivity index (χ2n) is 4.90. The highest BCUT2D eigenvalue weighted by Crippen LogP contribution is 2.26. The van der Waals surface area contributed by atoms with Crippen LogP contribution >= 0.6 is 0 Å². The fraction of sp³-hybridized carbons (Fsp3) is 0.500. The molecule has 1 heterocycles. The van der Waals surface area contributed by atoms with Crippen LogP contribution in [0.2, 0.25) is 0 Å². The summed E-state index contributed by atoms with van der Waals surface area (Å²) in [7, 11) is 1.65. The van der Waals surface area contributed by atoms with Gasteiger partial charge in [-0.2, -0.15) is 0 Å². The molecule has 0 saturated carbocycles. The molecule has 2 rings (SSSR count). The topological polar surface area (TPSA) is 67.6 Å². The van der Waals surface area contributed by atoms with Gasteiger partial charge < -0.3 is 15.8 Å². The third kappa shape index (κ3) is 3.24. The largest absolute Gasteiger partial charge is 0.497 e. The molecule has 0 bridgehead atoms. The Hall–Kier alpha value is -1.59. The summed E-state index contributed by atoms with van der Waals surface area (Å²) in [5, 5.41) is 2.83. The van der Waals surface area contributed by atoms with E-state index < -0.39 is 0 Å². The van der Waals surface area contributed by atoms with Gasteiger partial charge in [0.2, 0.25) is 5.91 Å². The Morgan fingerprint density at radius 2 is 2.26 bits per heavy atom. The highest BCUT2D eigenvalue weighted by atomic mass is 16.5. The van der Waals surface area contributed by atoms with Crippen molar-refractivity contribution in [1.29, 1.82) is 0 Å². The number of ether oxygens (including phenoxy) is 1. The third-order valence-corrected chi connectivity index (χ3v) is 3.39. The minimum atomic E-state index is -0.0574. The van der Waals surface area contributed by atoms with Crippen LogP contribution < -0.4 is 15.8 Å². The van der Waals surface area contributed by atoms with Gasteiger partial charge in [0.25, 0.3) is 0 Å². The first-order chi connectivity index (χ1) is 9.11. The maximum atomic E-state index is 11.5. The molecule has 104 valence electrons. The van der Waals surface area contributed by atoms with Gasteiger partial charge in [0.05, 0.1) is 19.7 Å². The Labute approximate surface area is 113 Å². The van der Waals surface area contributed by atoms with Gasteiger partial charge in [-0.1, -0.05) is 12.1 Å². The van der Waals surface area contributed by atoms with E-state index in [4.69, 9.17) is 10.5 Å². The van der Waals surface area contributed by atoms with Crippen LogP contribution in [0.4, 0.5) is 0 Å². The monoisotopic (exact) mass is 263 g/mol. The van der Waals surface area contributed by atoms with Crippen molar-refractivity contribution in [2.24, 2.45) is 5.73 Å². The van der Waals surface area contributed by atoms with E-state index in [-0.39, 0.29) is 18.0 Å². The number of rotatable bonds is 4. The minimum Gasteiger partial charge on any atom is -0.497 e. The zero-order valence-corrected chi connectivity index (χ0v) is 11.4. The van der Waals surface area contributed by atoms with E-state index in [1.807, 2.05) is 31.2 Å². The minimum absolute atomic E-state index is 0.0288. The summed E-state index contributed by atoms with van der Waals surface area (Å²) < 4.78 is 5.25. The second kappa shape index (κ2) is 6.04. The van der Waals surface area contributed by atoms with Crippen LogP contribution in [0.3, 0.4) is 0 Å². The van der Waals surface area contributed by atoms with Crippen molar-refractivity contribution >= 4 is 5.91 Å². The molecule has 0 radical (unpaired) electrons. The fourth-order valence-electron chi connectivity index (χ4n) is 2.57. The van der Waals surface area contributed by atoms with Crippen LogP contribution in [0.5, 0.6) is 5.75 Å². The summed E-state index contributed by atoms with van der Waals surface area (Å²) in [4.78, 5) is 13.7. The highest BCUT2D eigenvalue weighted by Gasteiger charge is 2.28. The molecular weight excluding hydrogens is 242 g/mol. The molecule has 0 aliphatic carbocycles. The number of hydrogen-bond donors (Lipinski definition) is 2. The molecule has 19 heavy (non-hydrogen) atoms. The quantitative estimate of drug-likeness (QED) is 0.831. The average molecular weight is 263 g/mol. The van der Waals surface area contributed by atoms with Gasteiger partial charge in [-0.3, -0.25) is 9.69 Å². The lowest BCUT2D eigenvalue weighted by Crippen LogP contribution is -2.52. The third-order valence-electron chi connectivity index (χ3n) is 3.39. The molecule has 2 atom stereocenters. The summed E-state index contributed by atoms with van der Waals surface area (Å²) in [6.45, 7) is 3.85. The lowest BCUT2D eigenvalue weighted by Gasteiger charge is -2.36. The molecular formula is C14H21N3O2. The Bertz CT molecular complexity index is 448. The zero-order valence-electron chi connectivity index (χ0n) is 11.4. The number of nitrogens with two attached hydrogens (primary N) is 1. The number of nitrogens with zero attached hydrogens (tertiary/aromatic N) is 1. The van der Waals surface area contributed by atoms with Gasteiger partial charge in [-0.15, -0.1) is 0 Å². The molecule has 0 spiro atoms. The standard InChI is InChI=1S/C14H21N3O2/c1-10(15)14(17-7-6-16-13(18)9-17)11-4-3-5-12(8-11)19-2/h3-5,8,10,14H,6-7,9,15H2,1-2H3,(H,16,18). The summed E-state index contributed by atoms with van der Waals surface area (Å²) in [6, 6.07) is 7.85. The van der Waals surface area contributed by atoms with Gasteiger partial charge >= 0.3 is 0 Å². The first-order valence-electron chi connectivity index (χ1n) is 6.52. The van der Waals surface area contributed by atoms with Crippen LogP contribution in [-0.2, 0) is 4.79 Å². The van der Waals surface area contributed by atoms with E-state index in [1.54, 1.807) is 7.11 Å². The fourth-order valence-corrected chi connectivity index (χ4v) is 2.57. The summed E-state index contributed by atoms with van der Waals surface area (Å²) in [5.41, 5.74) is 7.21. The highest BCUT2D eigenvalue weighted by molar-refractivity contribution is 5.78. The van der Waals surface area contributed by atoms with Gasteiger partial charge in [-0.05, 0) is 24.6 Å². The van der Waals surface area contributed by atoms with E-state index in [9.17, 15) is 4.79 Å². The first-order valence-corrected chi connectivity index (χ1v) is 6.52. The summed E-state index contributed by atoms with van der Waals surface area (Å²) in [5.74, 6) is 0.865. The number of nitrogens with one attached hydrogen (secondary N) is 1. The Morgan fingerprint density at radius 3 is 2.89 bits per heavy atom. The van der Waals surface area contributed by atoms with Gasteiger partial charge in [0, 0.05) is 19.1 Å². The molecule has 1 aromatic carbocycles. The number of carbonyl (C=O) groups is 1. The zero-order chi connectivity index (χ0) is 13.8. The van der Waals surface area contributed by atoms with Crippen LogP contribution in [0, 0.1) is 0 Å². The second-order valence-corrected chi connectivity index (χ2v) is 4.90. The molecule has 0 aromatic heterocycles. The molecule has 1 aromatic rings. The van der Waals surface area contributed by atoms with Crippen molar-refractivity contribution < 1.29 is 9.53 Å². The predicted octanol–water partition coefficient (Wildman–Crippen LogP) is 0.515. The number of hydrogen-bond acceptors (Lipinski definition) is 4. The SMILES string of the molecule is COc1cccc(C(C(C)N)N2CCNC(=O)C2)c1. The molecule has 5 nitrogen and oxygen atoms in total. The molecule has 1 aliphatic rings. The maximum Gasteiger partial charge on any atom is 0.234 e. The van der Waals surface area contributed by atoms with Crippen LogP contribution in [0.25, 0.3) is 0 Å². The number of piperazine rings is 1. The molecule has 1 amide bonds. The molecule has 1 fully saturated rings. The first kappa shape index (κ1) is 13.8. The van der Waals surface area contributed by atoms with Crippen molar-refractivity contribution in [3.8, 4) is 5.75 Å². The molecule has 1 saturated heterocycles. The van der Waals surface area contributed by atoms with E-state index in [0.717, 1.165) is 17.9 Å². The Morgan fingerprint density at radius 1 is 1.47 bits per heavy atom. The molecule has 2 unspecified atom stereocenters. The van der Waals surface area contributed by atoms with E-state index in [2.05, 4.69) is 10.2 Å². The number of carbonyl (C=O) groups excluding carboxylic acids is 1. The van der Waals surface area contributed by atoms with E-state index >= 15 is 0 Å². The number of benzene rings is 1. The van der Waals surface area contributed by atoms with Gasteiger partial charge in [0.1, 0.15) is 5.75 Å². The van der Waals surface area contributed by atoms with Crippen molar-refractivity contribution in [1.82, 2.24) is 10.2 Å². The average Bonchev–Trinajstić information content (AvgIpc) is 2.39. The Kier molecular flexibility index (Phi) is 4.39. The predicted molar refractivity (Wildman–Crippen MR) is 74.0 cm³/mol. The van der Waals surface area contributed by atoms with E-state index in [1.165, 1.54) is 0 Å². The van der Waals surface area contributed by atoms with Gasteiger partial charge in [-0.25, -0.2) is 0 Å². The van der Waals surface area contributed by atoms with Crippen molar-refractivity contribution in [2.75, 3.05) is 26.7 Å². The Balaban J connectivity index is 2.25. The van der Waals surface area contributed by atoms with Crippen LogP contribution in [0.1, 0.15) is 18.5 Å². The smallest absolute Gasteiger partial charge is 0.234 e. The number of methoxy groups -OCH3 is 1. The molecule has 3 N–H and O–H groups in total. The van der Waals surface area contributed by atoms with Gasteiger partial charge in [0.15, 0.2) is 0 Å². The number of amides is 1. The van der Waals surface area contributed by atoms with Crippen molar-refractivity contribution in [3.05, 3.63) is 29.8 Å². The summed E-state index contributed by atoms with van der Waals surface area (Å²) in [6.07, 6.45) is 0. The summed E-state index contributed by atoms with van der Waals surface area (Å²) >= 11 is 0.